The molecule has 0 aromatic heterocycles. The molecule has 0 aliphatic heterocycles. The Hall–Kier alpha value is -3.47. The van der Waals surface area contributed by atoms with E-state index in [2.05, 4.69) is 10.0 Å². The molecule has 9 nitrogen and oxygen atoms in total. The SMILES string of the molecule is CCCCNC(=O)NC(=O)COC(=O)c1cccc(S(=O)(=O)Nc2ccc(F)cc2)c1. The van der Waals surface area contributed by atoms with Gasteiger partial charge in [0, 0.05) is 12.2 Å². The highest BCUT2D eigenvalue weighted by Crippen LogP contribution is 2.18. The molecule has 2 aromatic carbocycles. The molecule has 0 aliphatic carbocycles. The van der Waals surface area contributed by atoms with Crippen molar-refractivity contribution in [3.63, 3.8) is 0 Å². The van der Waals surface area contributed by atoms with Gasteiger partial charge in [-0.3, -0.25) is 14.8 Å². The van der Waals surface area contributed by atoms with Crippen molar-refractivity contribution in [2.45, 2.75) is 24.7 Å². The summed E-state index contributed by atoms with van der Waals surface area (Å²) in [7, 11) is -4.05. The highest BCUT2D eigenvalue weighted by atomic mass is 32.2. The first-order chi connectivity index (χ1) is 14.7. The van der Waals surface area contributed by atoms with E-state index in [1.54, 1.807) is 0 Å². The van der Waals surface area contributed by atoms with Crippen LogP contribution in [0.5, 0.6) is 0 Å². The van der Waals surface area contributed by atoms with Crippen LogP contribution in [-0.2, 0) is 19.6 Å². The lowest BCUT2D eigenvalue weighted by molar-refractivity contribution is -0.123. The predicted molar refractivity (Wildman–Crippen MR) is 110 cm³/mol. The number of amides is 3. The van der Waals surface area contributed by atoms with Crippen molar-refractivity contribution in [2.75, 3.05) is 17.9 Å². The molecule has 31 heavy (non-hydrogen) atoms. The van der Waals surface area contributed by atoms with Gasteiger partial charge in [0.05, 0.1) is 10.5 Å². The topological polar surface area (TPSA) is 131 Å². The highest BCUT2D eigenvalue weighted by Gasteiger charge is 2.18. The Morgan fingerprint density at radius 1 is 1.06 bits per heavy atom. The number of carbonyl (C=O) groups is 3. The van der Waals surface area contributed by atoms with E-state index in [4.69, 9.17) is 4.74 Å². The van der Waals surface area contributed by atoms with Crippen molar-refractivity contribution in [1.29, 1.82) is 0 Å². The van der Waals surface area contributed by atoms with Crippen molar-refractivity contribution < 1.29 is 31.9 Å². The van der Waals surface area contributed by atoms with Gasteiger partial charge in [-0.1, -0.05) is 19.4 Å². The van der Waals surface area contributed by atoms with Crippen LogP contribution in [0.4, 0.5) is 14.9 Å². The first kappa shape index (κ1) is 23.8. The molecule has 11 heteroatoms. The van der Waals surface area contributed by atoms with E-state index >= 15 is 0 Å². The summed E-state index contributed by atoms with van der Waals surface area (Å²) in [6.45, 7) is 1.64. The number of halogens is 1. The molecule has 0 atom stereocenters. The fourth-order valence-corrected chi connectivity index (χ4v) is 3.43. The molecule has 0 unspecified atom stereocenters. The van der Waals surface area contributed by atoms with E-state index in [1.165, 1.54) is 30.3 Å². The average molecular weight is 451 g/mol. The molecule has 166 valence electrons. The Kier molecular flexibility index (Phi) is 8.50. The summed E-state index contributed by atoms with van der Waals surface area (Å²) in [6, 6.07) is 8.98. The number of ether oxygens (including phenoxy) is 1. The number of hydrogen-bond donors (Lipinski definition) is 3. The van der Waals surface area contributed by atoms with Crippen LogP contribution in [0, 0.1) is 5.82 Å². The van der Waals surface area contributed by atoms with E-state index in [0.717, 1.165) is 31.0 Å². The lowest BCUT2D eigenvalue weighted by Gasteiger charge is -2.10. The lowest BCUT2D eigenvalue weighted by Crippen LogP contribution is -2.41. The Morgan fingerprint density at radius 2 is 1.77 bits per heavy atom. The first-order valence-corrected chi connectivity index (χ1v) is 10.8. The molecule has 0 saturated heterocycles. The van der Waals surface area contributed by atoms with Gasteiger partial charge < -0.3 is 10.1 Å². The summed E-state index contributed by atoms with van der Waals surface area (Å²) in [5, 5.41) is 4.49. The molecule has 0 aliphatic rings. The minimum Gasteiger partial charge on any atom is -0.452 e. The Morgan fingerprint density at radius 3 is 2.45 bits per heavy atom. The Balaban J connectivity index is 1.95. The van der Waals surface area contributed by atoms with Gasteiger partial charge in [-0.25, -0.2) is 22.4 Å². The normalized spacial score (nSPS) is 10.8. The smallest absolute Gasteiger partial charge is 0.338 e. The summed E-state index contributed by atoms with van der Waals surface area (Å²) >= 11 is 0. The molecular weight excluding hydrogens is 429 g/mol. The molecule has 2 aromatic rings. The van der Waals surface area contributed by atoms with Crippen LogP contribution in [0.25, 0.3) is 0 Å². The third kappa shape index (κ3) is 7.70. The van der Waals surface area contributed by atoms with Crippen LogP contribution in [0.3, 0.4) is 0 Å². The van der Waals surface area contributed by atoms with Crippen LogP contribution >= 0.6 is 0 Å². The first-order valence-electron chi connectivity index (χ1n) is 9.34. The number of benzene rings is 2. The largest absolute Gasteiger partial charge is 0.452 e. The summed E-state index contributed by atoms with van der Waals surface area (Å²) < 4.78 is 45.0. The zero-order valence-electron chi connectivity index (χ0n) is 16.7. The maximum atomic E-state index is 13.0. The lowest BCUT2D eigenvalue weighted by atomic mass is 10.2. The minimum atomic E-state index is -4.05. The maximum Gasteiger partial charge on any atom is 0.338 e. The Bertz CT molecular complexity index is 1040. The second-order valence-electron chi connectivity index (χ2n) is 6.37. The number of sulfonamides is 1. The minimum absolute atomic E-state index is 0.109. The van der Waals surface area contributed by atoms with E-state index in [-0.39, 0.29) is 16.1 Å². The molecule has 0 radical (unpaired) electrons. The van der Waals surface area contributed by atoms with Gasteiger partial charge in [0.2, 0.25) is 0 Å². The fourth-order valence-electron chi connectivity index (χ4n) is 2.32. The van der Waals surface area contributed by atoms with Gasteiger partial charge in [0.25, 0.3) is 15.9 Å². The average Bonchev–Trinajstić information content (AvgIpc) is 2.74. The zero-order chi connectivity index (χ0) is 22.9. The maximum absolute atomic E-state index is 13.0. The number of anilines is 1. The number of urea groups is 1. The summed E-state index contributed by atoms with van der Waals surface area (Å²) in [4.78, 5) is 35.1. The van der Waals surface area contributed by atoms with Crippen LogP contribution in [0.15, 0.2) is 53.4 Å². The van der Waals surface area contributed by atoms with Crippen molar-refractivity contribution in [2.24, 2.45) is 0 Å². The number of rotatable bonds is 9. The van der Waals surface area contributed by atoms with Gasteiger partial charge in [-0.05, 0) is 48.9 Å². The molecule has 0 fully saturated rings. The van der Waals surface area contributed by atoms with E-state index in [9.17, 15) is 27.2 Å². The standard InChI is InChI=1S/C20H22FN3O6S/c1-2-3-11-22-20(27)23-18(25)13-30-19(26)14-5-4-6-17(12-14)31(28,29)24-16-9-7-15(21)8-10-16/h4-10,12,24H,2-3,11,13H2,1H3,(H2,22,23,25,27). The predicted octanol–water partition coefficient (Wildman–Crippen LogP) is 2.41. The molecule has 2 rings (SSSR count). The van der Waals surface area contributed by atoms with Gasteiger partial charge >= 0.3 is 12.0 Å². The van der Waals surface area contributed by atoms with E-state index < -0.39 is 40.4 Å². The quantitative estimate of drug-likeness (QED) is 0.396. The van der Waals surface area contributed by atoms with Crippen molar-refractivity contribution in [1.82, 2.24) is 10.6 Å². The van der Waals surface area contributed by atoms with Crippen LogP contribution in [0.2, 0.25) is 0 Å². The van der Waals surface area contributed by atoms with Crippen molar-refractivity contribution in [3.8, 4) is 0 Å². The van der Waals surface area contributed by atoms with Crippen molar-refractivity contribution in [3.05, 3.63) is 59.9 Å². The van der Waals surface area contributed by atoms with E-state index in [0.29, 0.717) is 6.54 Å². The summed E-state index contributed by atoms with van der Waals surface area (Å²) in [5.74, 6) is -2.29. The highest BCUT2D eigenvalue weighted by molar-refractivity contribution is 7.92. The van der Waals surface area contributed by atoms with Gasteiger partial charge in [0.1, 0.15) is 5.82 Å². The van der Waals surface area contributed by atoms with Crippen LogP contribution in [-0.4, -0.2) is 39.5 Å². The van der Waals surface area contributed by atoms with Crippen LogP contribution < -0.4 is 15.4 Å². The zero-order valence-corrected chi connectivity index (χ0v) is 17.5. The monoisotopic (exact) mass is 451 g/mol. The summed E-state index contributed by atoms with van der Waals surface area (Å²) in [6.07, 6.45) is 1.63. The number of esters is 1. The summed E-state index contributed by atoms with van der Waals surface area (Å²) in [5.41, 5.74) is 0.0328. The third-order valence-electron chi connectivity index (χ3n) is 3.88. The molecule has 0 bridgehead atoms. The molecule has 3 amide bonds. The number of carbonyl (C=O) groups excluding carboxylic acids is 3. The second kappa shape index (κ2) is 11.1. The van der Waals surface area contributed by atoms with Crippen LogP contribution in [0.1, 0.15) is 30.1 Å². The molecule has 0 spiro atoms. The van der Waals surface area contributed by atoms with Gasteiger partial charge in [-0.2, -0.15) is 0 Å². The molecule has 0 heterocycles. The van der Waals surface area contributed by atoms with Gasteiger partial charge in [0.15, 0.2) is 6.61 Å². The third-order valence-corrected chi connectivity index (χ3v) is 5.26. The molecular formula is C20H22FN3O6S. The number of imide groups is 1. The number of nitrogens with one attached hydrogen (secondary N) is 3. The number of hydrogen-bond acceptors (Lipinski definition) is 6. The van der Waals surface area contributed by atoms with E-state index in [1.807, 2.05) is 12.2 Å². The fraction of sp³-hybridized carbons (Fsp3) is 0.250. The van der Waals surface area contributed by atoms with Gasteiger partial charge in [-0.15, -0.1) is 0 Å². The Labute approximate surface area is 179 Å². The number of unbranched alkanes of at least 4 members (excludes halogenated alkanes) is 1. The second-order valence-corrected chi connectivity index (χ2v) is 8.06. The molecule has 3 N–H and O–H groups in total. The molecule has 0 saturated carbocycles. The van der Waals surface area contributed by atoms with Crippen molar-refractivity contribution >= 4 is 33.6 Å².